The van der Waals surface area contributed by atoms with Crippen molar-refractivity contribution in [3.8, 4) is 0 Å². The zero-order valence-electron chi connectivity index (χ0n) is 10.7. The Morgan fingerprint density at radius 3 is 1.78 bits per heavy atom. The highest BCUT2D eigenvalue weighted by Crippen LogP contribution is 2.40. The standard InChI is InChI=1S/C12H17NO5/c1-13-6-4-5-7(13)9(12(16)18-3)10(14)8(6)11(15)17-2/h6-9H,4-5H2,1-3H3/t6-,7+,8?,9?. The molecule has 0 aliphatic carbocycles. The van der Waals surface area contributed by atoms with E-state index in [4.69, 9.17) is 0 Å². The molecule has 2 fully saturated rings. The van der Waals surface area contributed by atoms with Crippen LogP contribution in [0.15, 0.2) is 0 Å². The Bertz CT molecular complexity index is 360. The van der Waals surface area contributed by atoms with E-state index >= 15 is 0 Å². The molecule has 2 saturated heterocycles. The topological polar surface area (TPSA) is 72.9 Å². The molecule has 18 heavy (non-hydrogen) atoms. The minimum Gasteiger partial charge on any atom is -0.468 e. The molecule has 100 valence electrons. The molecule has 0 spiro atoms. The van der Waals surface area contributed by atoms with E-state index in [9.17, 15) is 14.4 Å². The van der Waals surface area contributed by atoms with Gasteiger partial charge in [0.15, 0.2) is 5.78 Å². The lowest BCUT2D eigenvalue weighted by Crippen LogP contribution is -2.57. The fourth-order valence-corrected chi connectivity index (χ4v) is 3.17. The average molecular weight is 255 g/mol. The van der Waals surface area contributed by atoms with Gasteiger partial charge < -0.3 is 9.47 Å². The van der Waals surface area contributed by atoms with Gasteiger partial charge in [-0.1, -0.05) is 0 Å². The molecule has 2 aliphatic heterocycles. The molecule has 2 unspecified atom stereocenters. The Balaban J connectivity index is 2.36. The molecule has 0 N–H and O–H groups in total. The lowest BCUT2D eigenvalue weighted by Gasteiger charge is -2.38. The van der Waals surface area contributed by atoms with Gasteiger partial charge in [-0.3, -0.25) is 19.3 Å². The van der Waals surface area contributed by atoms with Crippen molar-refractivity contribution in [1.29, 1.82) is 0 Å². The van der Waals surface area contributed by atoms with E-state index in [0.717, 1.165) is 12.8 Å². The molecule has 0 amide bonds. The number of esters is 2. The molecule has 0 radical (unpaired) electrons. The van der Waals surface area contributed by atoms with Gasteiger partial charge in [-0.2, -0.15) is 0 Å². The normalized spacial score (nSPS) is 35.4. The first-order valence-corrected chi connectivity index (χ1v) is 5.94. The molecule has 0 saturated carbocycles. The molecule has 2 aliphatic rings. The van der Waals surface area contributed by atoms with Gasteiger partial charge in [0, 0.05) is 12.1 Å². The third-order valence-electron chi connectivity index (χ3n) is 4.10. The van der Waals surface area contributed by atoms with Crippen molar-refractivity contribution in [3.63, 3.8) is 0 Å². The maximum atomic E-state index is 12.3. The number of hydrogen-bond donors (Lipinski definition) is 0. The third kappa shape index (κ3) is 1.71. The number of fused-ring (bicyclic) bond motifs is 2. The van der Waals surface area contributed by atoms with Gasteiger partial charge in [-0.15, -0.1) is 0 Å². The summed E-state index contributed by atoms with van der Waals surface area (Å²) < 4.78 is 9.36. The molecule has 0 aromatic rings. The van der Waals surface area contributed by atoms with Gasteiger partial charge >= 0.3 is 11.9 Å². The van der Waals surface area contributed by atoms with Crippen LogP contribution in [-0.4, -0.2) is 56.0 Å². The smallest absolute Gasteiger partial charge is 0.317 e. The highest BCUT2D eigenvalue weighted by molar-refractivity contribution is 6.10. The number of hydrogen-bond acceptors (Lipinski definition) is 6. The van der Waals surface area contributed by atoms with Crippen LogP contribution < -0.4 is 0 Å². The summed E-state index contributed by atoms with van der Waals surface area (Å²) in [5.41, 5.74) is 0. The van der Waals surface area contributed by atoms with Crippen LogP contribution in [0.4, 0.5) is 0 Å². The highest BCUT2D eigenvalue weighted by atomic mass is 16.5. The first kappa shape index (κ1) is 13.0. The number of ketones is 1. The summed E-state index contributed by atoms with van der Waals surface area (Å²) in [5, 5.41) is 0. The van der Waals surface area contributed by atoms with Crippen LogP contribution in [0.25, 0.3) is 0 Å². The SMILES string of the molecule is COC(=O)C1C(=O)C(C(=O)OC)[C@@H]2CC[C@H]1N2C. The molecule has 0 aromatic heterocycles. The second-order valence-electron chi connectivity index (χ2n) is 4.78. The molecule has 4 atom stereocenters. The largest absolute Gasteiger partial charge is 0.468 e. The summed E-state index contributed by atoms with van der Waals surface area (Å²) >= 11 is 0. The molecule has 6 heteroatoms. The number of carbonyl (C=O) groups is 3. The van der Waals surface area contributed by atoms with E-state index in [0.29, 0.717) is 0 Å². The van der Waals surface area contributed by atoms with E-state index in [2.05, 4.69) is 9.47 Å². The molecular weight excluding hydrogens is 238 g/mol. The fourth-order valence-electron chi connectivity index (χ4n) is 3.17. The zero-order valence-corrected chi connectivity index (χ0v) is 10.7. The number of piperidine rings is 1. The minimum atomic E-state index is -0.872. The second kappa shape index (κ2) is 4.68. The van der Waals surface area contributed by atoms with Gasteiger partial charge in [0.25, 0.3) is 0 Å². The van der Waals surface area contributed by atoms with Crippen LogP contribution >= 0.6 is 0 Å². The zero-order chi connectivity index (χ0) is 13.4. The van der Waals surface area contributed by atoms with Crippen LogP contribution in [0.3, 0.4) is 0 Å². The summed E-state index contributed by atoms with van der Waals surface area (Å²) in [6.45, 7) is 0. The Morgan fingerprint density at radius 1 is 1.06 bits per heavy atom. The lowest BCUT2D eigenvalue weighted by molar-refractivity contribution is -0.163. The lowest BCUT2D eigenvalue weighted by atomic mass is 9.81. The Kier molecular flexibility index (Phi) is 3.38. The first-order valence-electron chi connectivity index (χ1n) is 5.94. The summed E-state index contributed by atoms with van der Waals surface area (Å²) in [5.74, 6) is -3.23. The third-order valence-corrected chi connectivity index (χ3v) is 4.10. The van der Waals surface area contributed by atoms with E-state index in [1.54, 1.807) is 0 Å². The first-order chi connectivity index (χ1) is 8.52. The van der Waals surface area contributed by atoms with E-state index in [1.165, 1.54) is 14.2 Å². The molecular formula is C12H17NO5. The van der Waals surface area contributed by atoms with Crippen LogP contribution in [-0.2, 0) is 23.9 Å². The number of ether oxygens (including phenoxy) is 2. The van der Waals surface area contributed by atoms with Crippen molar-refractivity contribution in [2.45, 2.75) is 24.9 Å². The predicted octanol–water partition coefficient (Wildman–Crippen LogP) is -0.390. The number of nitrogens with zero attached hydrogens (tertiary/aromatic N) is 1. The van der Waals surface area contributed by atoms with Crippen molar-refractivity contribution in [3.05, 3.63) is 0 Å². The van der Waals surface area contributed by atoms with Gasteiger partial charge in [0.05, 0.1) is 14.2 Å². The Hall–Kier alpha value is -1.43. The van der Waals surface area contributed by atoms with E-state index in [-0.39, 0.29) is 17.9 Å². The summed E-state index contributed by atoms with van der Waals surface area (Å²) in [4.78, 5) is 37.7. The number of Topliss-reactive ketones (excluding diaryl/α,β-unsaturated/α-hetero) is 1. The van der Waals surface area contributed by atoms with Crippen LogP contribution in [0.5, 0.6) is 0 Å². The van der Waals surface area contributed by atoms with Gasteiger partial charge in [-0.05, 0) is 19.9 Å². The Morgan fingerprint density at radius 2 is 1.44 bits per heavy atom. The second-order valence-corrected chi connectivity index (χ2v) is 4.78. The van der Waals surface area contributed by atoms with E-state index < -0.39 is 23.8 Å². The maximum absolute atomic E-state index is 12.3. The van der Waals surface area contributed by atoms with Gasteiger partial charge in [-0.25, -0.2) is 0 Å². The van der Waals surface area contributed by atoms with Crippen molar-refractivity contribution in [1.82, 2.24) is 4.90 Å². The van der Waals surface area contributed by atoms with Crippen molar-refractivity contribution in [2.75, 3.05) is 21.3 Å². The molecule has 2 heterocycles. The fraction of sp³-hybridized carbons (Fsp3) is 0.750. The minimum absolute atomic E-state index is 0.157. The van der Waals surface area contributed by atoms with Crippen LogP contribution in [0.1, 0.15) is 12.8 Å². The van der Waals surface area contributed by atoms with Crippen LogP contribution in [0.2, 0.25) is 0 Å². The predicted molar refractivity (Wildman–Crippen MR) is 60.6 cm³/mol. The quantitative estimate of drug-likeness (QED) is 0.494. The van der Waals surface area contributed by atoms with Gasteiger partial charge in [0.1, 0.15) is 11.8 Å². The maximum Gasteiger partial charge on any atom is 0.317 e. The van der Waals surface area contributed by atoms with Crippen molar-refractivity contribution < 1.29 is 23.9 Å². The number of rotatable bonds is 2. The molecule has 0 aromatic carbocycles. The molecule has 2 rings (SSSR count). The molecule has 2 bridgehead atoms. The van der Waals surface area contributed by atoms with Crippen molar-refractivity contribution in [2.24, 2.45) is 11.8 Å². The van der Waals surface area contributed by atoms with Gasteiger partial charge in [0.2, 0.25) is 0 Å². The van der Waals surface area contributed by atoms with Crippen molar-refractivity contribution >= 4 is 17.7 Å². The monoisotopic (exact) mass is 255 g/mol. The Labute approximate surface area is 105 Å². The number of carbonyl (C=O) groups excluding carboxylic acids is 3. The summed E-state index contributed by atoms with van der Waals surface area (Å²) in [6.07, 6.45) is 1.44. The summed E-state index contributed by atoms with van der Waals surface area (Å²) in [7, 11) is 4.34. The summed E-state index contributed by atoms with van der Waals surface area (Å²) in [6, 6.07) is -0.313. The number of methoxy groups -OCH3 is 2. The average Bonchev–Trinajstić information content (AvgIpc) is 2.64. The van der Waals surface area contributed by atoms with Crippen LogP contribution in [0, 0.1) is 11.8 Å². The van der Waals surface area contributed by atoms with E-state index in [1.807, 2.05) is 11.9 Å². The molecule has 6 nitrogen and oxygen atoms in total. The highest BCUT2D eigenvalue weighted by Gasteiger charge is 2.56.